The number of aromatic nitrogens is 6. The van der Waals surface area contributed by atoms with Crippen molar-refractivity contribution in [1.82, 2.24) is 43.5 Å². The Kier molecular flexibility index (Phi) is 23.0. The minimum Gasteiger partial charge on any atom is -0.497 e. The van der Waals surface area contributed by atoms with E-state index in [0.717, 1.165) is 31.4 Å². The molecule has 0 unspecified atom stereocenters. The van der Waals surface area contributed by atoms with Crippen LogP contribution in [-0.4, -0.2) is 139 Å². The first-order valence-corrected chi connectivity index (χ1v) is 36.2. The van der Waals surface area contributed by atoms with Gasteiger partial charge in [-0.25, -0.2) is 29.6 Å². The van der Waals surface area contributed by atoms with E-state index in [1.165, 1.54) is 122 Å². The fourth-order valence-corrected chi connectivity index (χ4v) is 17.0. The average Bonchev–Trinajstić information content (AvgIpc) is 1.48. The van der Waals surface area contributed by atoms with Crippen LogP contribution in [-0.2, 0) is 30.1 Å². The first-order chi connectivity index (χ1) is 47.9. The maximum absolute atomic E-state index is 13.0. The van der Waals surface area contributed by atoms with Crippen LogP contribution in [0, 0.1) is 41.3 Å². The molecule has 3 saturated heterocycles. The van der Waals surface area contributed by atoms with Gasteiger partial charge in [-0.15, -0.1) is 28.5 Å². The van der Waals surface area contributed by atoms with E-state index in [4.69, 9.17) is 18.0 Å². The Morgan fingerprint density at radius 3 is 0.921 bits per heavy atom. The molecule has 33 heteroatoms. The van der Waals surface area contributed by atoms with Crippen LogP contribution < -0.4 is 25.4 Å². The molecule has 0 spiro atoms. The molecule has 0 aliphatic carbocycles. The number of methoxy groups -OCH3 is 1. The summed E-state index contributed by atoms with van der Waals surface area (Å²) in [5, 5.41) is 30.3. The van der Waals surface area contributed by atoms with Crippen LogP contribution in [0.1, 0.15) is 91.9 Å². The summed E-state index contributed by atoms with van der Waals surface area (Å²) < 4.78 is 158. The number of carbonyl (C=O) groups is 3. The van der Waals surface area contributed by atoms with Crippen LogP contribution in [0.2, 0.25) is 0 Å². The molecule has 101 heavy (non-hydrogen) atoms. The largest absolute Gasteiger partial charge is 0.573 e. The Labute approximate surface area is 580 Å². The number of halogens is 4. The highest BCUT2D eigenvalue weighted by molar-refractivity contribution is 7.89. The van der Waals surface area contributed by atoms with Gasteiger partial charge in [0.05, 0.1) is 21.8 Å². The van der Waals surface area contributed by atoms with E-state index in [2.05, 4.69) is 65.1 Å². The number of hydrogen-bond donors (Lipinski definition) is 3. The topological polar surface area (TPSA) is 335 Å². The number of nitrogens with one attached hydrogen (secondary N) is 3. The molecule has 26 nitrogen and oxygen atoms in total. The molecule has 9 aromatic rings. The molecule has 6 heterocycles. The third kappa shape index (κ3) is 19.0. The molecule has 6 aromatic carbocycles. The Hall–Kier alpha value is -9.80. The van der Waals surface area contributed by atoms with Crippen LogP contribution in [0.15, 0.2) is 174 Å². The SMILES string of the molecule is COc1ccc(-c2nnc(NC(=O)c3ccc(S(=O)(=O)N4C[C@H](C)C[C@H](C)C4)cc3)o2)cc1.C[C@@H]1C[C@H](C)CN(S(=O)(=O)c2ccc(C(=O)Nc3nnc(-c4ccc(F)cc4)o3)cc2)C1.C[C@@H]1C[C@H](C)CN(S(=O)(=O)c2ccc(C(=O)Nc3nnc(-c4ccc(OC(F)(F)F)cc4)o3)cc2)C1. The summed E-state index contributed by atoms with van der Waals surface area (Å²) in [4.78, 5) is 38.1. The number of piperidine rings is 3. The minimum absolute atomic E-state index is 0.0321. The highest BCUT2D eigenvalue weighted by atomic mass is 32.2. The molecule has 3 aliphatic heterocycles. The van der Waals surface area contributed by atoms with Crippen molar-refractivity contribution in [3.05, 3.63) is 168 Å². The van der Waals surface area contributed by atoms with Gasteiger partial charge in [-0.3, -0.25) is 30.3 Å². The van der Waals surface area contributed by atoms with Crippen LogP contribution in [0.5, 0.6) is 11.5 Å². The molecular weight excluding hydrogens is 1380 g/mol. The molecule has 0 radical (unpaired) electrons. The van der Waals surface area contributed by atoms with Crippen molar-refractivity contribution in [1.29, 1.82) is 0 Å². The van der Waals surface area contributed by atoms with E-state index >= 15 is 0 Å². The van der Waals surface area contributed by atoms with Crippen LogP contribution >= 0.6 is 0 Å². The first kappa shape index (κ1) is 73.9. The Morgan fingerprint density at radius 2 is 0.663 bits per heavy atom. The van der Waals surface area contributed by atoms with Crippen molar-refractivity contribution in [3.63, 3.8) is 0 Å². The maximum Gasteiger partial charge on any atom is 0.573 e. The Balaban J connectivity index is 0.000000164. The summed E-state index contributed by atoms with van der Waals surface area (Å²) in [7, 11) is -9.34. The third-order valence-electron chi connectivity index (χ3n) is 16.5. The lowest BCUT2D eigenvalue weighted by molar-refractivity contribution is -0.274. The highest BCUT2D eigenvalue weighted by Gasteiger charge is 2.36. The van der Waals surface area contributed by atoms with E-state index in [0.29, 0.717) is 85.4 Å². The summed E-state index contributed by atoms with van der Waals surface area (Å²) in [5.74, 6) is 0.375. The summed E-state index contributed by atoms with van der Waals surface area (Å²) in [5.41, 5.74) is 2.19. The summed E-state index contributed by atoms with van der Waals surface area (Å²) in [6.45, 7) is 15.1. The van der Waals surface area contributed by atoms with Crippen molar-refractivity contribution in [2.24, 2.45) is 35.5 Å². The van der Waals surface area contributed by atoms with Crippen LogP contribution in [0.4, 0.5) is 35.6 Å². The number of amides is 3. The quantitative estimate of drug-likeness (QED) is 0.0713. The van der Waals surface area contributed by atoms with Gasteiger partial charge in [-0.1, -0.05) is 56.8 Å². The second kappa shape index (κ2) is 31.4. The third-order valence-corrected chi connectivity index (χ3v) is 22.0. The number of rotatable bonds is 17. The van der Waals surface area contributed by atoms with Gasteiger partial charge in [-0.2, -0.15) is 12.9 Å². The van der Waals surface area contributed by atoms with Gasteiger partial charge in [0.25, 0.3) is 17.7 Å². The zero-order valence-corrected chi connectivity index (χ0v) is 58.1. The number of anilines is 3. The predicted molar refractivity (Wildman–Crippen MR) is 361 cm³/mol. The number of benzene rings is 6. The zero-order chi connectivity index (χ0) is 72.6. The number of ether oxygens (including phenoxy) is 2. The lowest BCUT2D eigenvalue weighted by atomic mass is 9.94. The van der Waals surface area contributed by atoms with E-state index in [1.54, 1.807) is 31.4 Å². The van der Waals surface area contributed by atoms with Crippen molar-refractivity contribution in [3.8, 4) is 45.9 Å². The molecule has 0 saturated carbocycles. The Bertz CT molecular complexity index is 4670. The molecule has 3 N–H and O–H groups in total. The van der Waals surface area contributed by atoms with Gasteiger partial charge in [0.1, 0.15) is 17.3 Å². The van der Waals surface area contributed by atoms with Gasteiger partial charge in [-0.05, 0) is 200 Å². The van der Waals surface area contributed by atoms with Crippen molar-refractivity contribution >= 4 is 65.8 Å². The van der Waals surface area contributed by atoms with Gasteiger partial charge < -0.3 is 22.7 Å². The lowest BCUT2D eigenvalue weighted by Crippen LogP contribution is -2.42. The molecule has 12 rings (SSSR count). The number of sulfonamides is 3. The van der Waals surface area contributed by atoms with Crippen LogP contribution in [0.3, 0.4) is 0 Å². The van der Waals surface area contributed by atoms with Crippen molar-refractivity contribution in [2.45, 2.75) is 81.9 Å². The van der Waals surface area contributed by atoms with Gasteiger partial charge in [0.2, 0.25) is 47.7 Å². The average molecular weight is 1450 g/mol. The monoisotopic (exact) mass is 1450 g/mol. The molecular formula is C68H72F4N12O14S3. The number of carbonyl (C=O) groups excluding carboxylic acids is 3. The normalized spacial score (nSPS) is 19.3. The number of nitrogens with zero attached hydrogens (tertiary/aromatic N) is 9. The summed E-state index contributed by atoms with van der Waals surface area (Å²) in [6.07, 6.45) is -1.82. The zero-order valence-electron chi connectivity index (χ0n) is 55.7. The smallest absolute Gasteiger partial charge is 0.497 e. The highest BCUT2D eigenvalue weighted by Crippen LogP contribution is 2.33. The van der Waals surface area contributed by atoms with Gasteiger partial charge >= 0.3 is 24.4 Å². The summed E-state index contributed by atoms with van der Waals surface area (Å²) >= 11 is 0. The molecule has 0 bridgehead atoms. The van der Waals surface area contributed by atoms with Crippen molar-refractivity contribution < 1.29 is 79.9 Å². The van der Waals surface area contributed by atoms with E-state index in [1.807, 2.05) is 27.7 Å². The van der Waals surface area contributed by atoms with E-state index in [-0.39, 0.29) is 78.9 Å². The molecule has 3 amide bonds. The first-order valence-electron chi connectivity index (χ1n) is 31.9. The fraction of sp³-hybridized carbons (Fsp3) is 0.338. The minimum atomic E-state index is -4.81. The van der Waals surface area contributed by atoms with Gasteiger partial charge in [0, 0.05) is 72.6 Å². The fourth-order valence-electron chi connectivity index (χ4n) is 12.0. The summed E-state index contributed by atoms with van der Waals surface area (Å²) in [6, 6.07) is 34.0. The Morgan fingerprint density at radius 1 is 0.406 bits per heavy atom. The number of alkyl halides is 3. The van der Waals surface area contributed by atoms with E-state index < -0.39 is 65.7 Å². The second-order valence-corrected chi connectivity index (χ2v) is 31.1. The van der Waals surface area contributed by atoms with E-state index in [9.17, 15) is 57.2 Å². The van der Waals surface area contributed by atoms with Crippen molar-refractivity contribution in [2.75, 3.05) is 62.3 Å². The second-order valence-electron chi connectivity index (χ2n) is 25.3. The molecule has 534 valence electrons. The van der Waals surface area contributed by atoms with Crippen LogP contribution in [0.25, 0.3) is 34.4 Å². The predicted octanol–water partition coefficient (Wildman–Crippen LogP) is 12.0. The molecule has 3 fully saturated rings. The molecule has 3 aromatic heterocycles. The maximum atomic E-state index is 13.0. The standard InChI is InChI=1S/C23H23F3N4O5S.C23H26N4O5S.C22H23FN4O4S/c1-14-11-15(2)13-30(12-14)36(32,33)19-9-5-16(6-10-19)20(31)27-22-29-28-21(34-22)17-3-7-18(8-4-17)35-23(24,25)26;1-15-12-16(2)14-27(13-15)33(29,30)20-10-6-17(7-11-20)21(28)24-23-26-25-22(32-23)18-4-8-19(31-3)9-5-18;1-14-11-15(2)13-27(12-14)32(29,30)19-9-5-16(6-10-19)20(28)24-22-26-25-21(31-22)17-3-7-18(23)8-4-17/h3-10,14-15H,11-13H2,1-2H3,(H,27,29,31);4-11,15-16H,12-14H2,1-3H3,(H,24,26,28);3-10,14-15H,11-13H2,1-2H3,(H,24,26,28)/t14-,15+;15-,16+;14-,15+. The molecule has 3 aliphatic rings. The number of hydrogen-bond acceptors (Lipinski definition) is 20. The lowest BCUT2D eigenvalue weighted by Gasteiger charge is -2.34. The van der Waals surface area contributed by atoms with Gasteiger partial charge in [0.15, 0.2) is 0 Å². The molecule has 6 atom stereocenters.